The van der Waals surface area contributed by atoms with Gasteiger partial charge >= 0.3 is 0 Å². The molecule has 0 aliphatic carbocycles. The minimum absolute atomic E-state index is 0.143. The van der Waals surface area contributed by atoms with Crippen molar-refractivity contribution in [2.45, 2.75) is 13.8 Å². The summed E-state index contributed by atoms with van der Waals surface area (Å²) in [7, 11) is 0. The Morgan fingerprint density at radius 2 is 1.75 bits per heavy atom. The maximum Gasteiger partial charge on any atom is 0.262 e. The average molecular weight is 508 g/mol. The van der Waals surface area contributed by atoms with E-state index in [-0.39, 0.29) is 18.3 Å². The fourth-order valence-corrected chi connectivity index (χ4v) is 4.44. The summed E-state index contributed by atoms with van der Waals surface area (Å²) in [6, 6.07) is 19.9. The van der Waals surface area contributed by atoms with E-state index in [2.05, 4.69) is 10.2 Å². The molecule has 1 saturated heterocycles. The van der Waals surface area contributed by atoms with Crippen LogP contribution in [0.3, 0.4) is 0 Å². The molecule has 4 rings (SSSR count). The van der Waals surface area contributed by atoms with Gasteiger partial charge in [0.15, 0.2) is 18.1 Å². The molecular weight excluding hydrogens is 477 g/mol. The molecule has 0 unspecified atom stereocenters. The standard InChI is InChI=1S/C28H30FN3O3S/c1-3-34-26-18-21(11-12-25(26)35-19-27(33)30-22-8-6-7-20(2)17-22)28(36)32-15-13-31(14-16-32)24-10-5-4-9-23(24)29/h4-12,17-18H,3,13-16,19H2,1-2H3,(H,30,33). The van der Waals surface area contributed by atoms with Crippen molar-refractivity contribution < 1.29 is 18.7 Å². The van der Waals surface area contributed by atoms with Crippen LogP contribution in [0, 0.1) is 12.7 Å². The van der Waals surface area contributed by atoms with Crippen LogP contribution >= 0.6 is 12.2 Å². The van der Waals surface area contributed by atoms with Crippen LogP contribution in [-0.4, -0.2) is 55.2 Å². The Hall–Kier alpha value is -3.65. The summed E-state index contributed by atoms with van der Waals surface area (Å²) in [5.74, 6) is 0.547. The van der Waals surface area contributed by atoms with Crippen LogP contribution in [0.4, 0.5) is 15.8 Å². The predicted octanol–water partition coefficient (Wildman–Crippen LogP) is 5.05. The molecule has 0 spiro atoms. The minimum Gasteiger partial charge on any atom is -0.490 e. The molecule has 0 aromatic heterocycles. The Balaban J connectivity index is 1.37. The molecule has 1 heterocycles. The van der Waals surface area contributed by atoms with E-state index in [9.17, 15) is 9.18 Å². The molecule has 0 saturated carbocycles. The Morgan fingerprint density at radius 1 is 0.972 bits per heavy atom. The third-order valence-corrected chi connectivity index (χ3v) is 6.41. The van der Waals surface area contributed by atoms with Gasteiger partial charge in [-0.3, -0.25) is 4.79 Å². The topological polar surface area (TPSA) is 54.0 Å². The Morgan fingerprint density at radius 3 is 2.47 bits per heavy atom. The van der Waals surface area contributed by atoms with E-state index in [0.717, 1.165) is 16.8 Å². The van der Waals surface area contributed by atoms with E-state index >= 15 is 0 Å². The van der Waals surface area contributed by atoms with Gasteiger partial charge in [0.25, 0.3) is 5.91 Å². The molecule has 1 fully saturated rings. The number of amides is 1. The first-order valence-electron chi connectivity index (χ1n) is 12.0. The van der Waals surface area contributed by atoms with Crippen LogP contribution in [0.25, 0.3) is 0 Å². The van der Waals surface area contributed by atoms with E-state index in [1.807, 2.05) is 61.2 Å². The lowest BCUT2D eigenvalue weighted by atomic mass is 10.1. The second kappa shape index (κ2) is 11.9. The van der Waals surface area contributed by atoms with Gasteiger partial charge in [-0.05, 0) is 61.9 Å². The summed E-state index contributed by atoms with van der Waals surface area (Å²) in [6.45, 7) is 6.89. The number of carbonyl (C=O) groups excluding carboxylic acids is 1. The number of rotatable bonds is 8. The van der Waals surface area contributed by atoms with Gasteiger partial charge in [0.2, 0.25) is 0 Å². The monoisotopic (exact) mass is 507 g/mol. The molecule has 1 aliphatic heterocycles. The summed E-state index contributed by atoms with van der Waals surface area (Å²) in [5, 5.41) is 2.84. The number of nitrogens with zero attached hydrogens (tertiary/aromatic N) is 2. The molecule has 8 heteroatoms. The number of nitrogens with one attached hydrogen (secondary N) is 1. The number of piperazine rings is 1. The lowest BCUT2D eigenvalue weighted by molar-refractivity contribution is -0.118. The van der Waals surface area contributed by atoms with Gasteiger partial charge in [0.05, 0.1) is 12.3 Å². The van der Waals surface area contributed by atoms with Crippen LogP contribution in [0.15, 0.2) is 66.7 Å². The SMILES string of the molecule is CCOc1cc(C(=S)N2CCN(c3ccccc3F)CC2)ccc1OCC(=O)Nc1cccc(C)c1. The number of ether oxygens (including phenoxy) is 2. The van der Waals surface area contributed by atoms with Crippen LogP contribution in [0.5, 0.6) is 11.5 Å². The van der Waals surface area contributed by atoms with Gasteiger partial charge in [0.1, 0.15) is 10.8 Å². The Kier molecular flexibility index (Phi) is 8.38. The van der Waals surface area contributed by atoms with Crippen LogP contribution in [0.1, 0.15) is 18.1 Å². The third-order valence-electron chi connectivity index (χ3n) is 5.91. The maximum absolute atomic E-state index is 14.2. The first-order valence-corrected chi connectivity index (χ1v) is 12.4. The van der Waals surface area contributed by atoms with Crippen LogP contribution in [0.2, 0.25) is 0 Å². The minimum atomic E-state index is -0.254. The number of aryl methyl sites for hydroxylation is 1. The summed E-state index contributed by atoms with van der Waals surface area (Å²) in [6.07, 6.45) is 0. The molecule has 6 nitrogen and oxygen atoms in total. The molecule has 36 heavy (non-hydrogen) atoms. The number of halogens is 1. The van der Waals surface area contributed by atoms with Crippen LogP contribution in [-0.2, 0) is 4.79 Å². The second-order valence-corrected chi connectivity index (χ2v) is 8.92. The van der Waals surface area contributed by atoms with Crippen molar-refractivity contribution in [3.05, 3.63) is 83.7 Å². The molecule has 3 aromatic rings. The lowest BCUT2D eigenvalue weighted by Gasteiger charge is -2.37. The van der Waals surface area contributed by atoms with Crippen molar-refractivity contribution in [3.63, 3.8) is 0 Å². The average Bonchev–Trinajstić information content (AvgIpc) is 2.88. The van der Waals surface area contributed by atoms with E-state index in [4.69, 9.17) is 21.7 Å². The normalized spacial score (nSPS) is 13.3. The van der Waals surface area contributed by atoms with Crippen LogP contribution < -0.4 is 19.7 Å². The van der Waals surface area contributed by atoms with Gasteiger partial charge in [-0.15, -0.1) is 0 Å². The Labute approximate surface area is 216 Å². The summed E-state index contributed by atoms with van der Waals surface area (Å²) in [5.41, 5.74) is 3.25. The number of hydrogen-bond donors (Lipinski definition) is 1. The van der Waals surface area contributed by atoms with Crippen molar-refractivity contribution in [3.8, 4) is 11.5 Å². The smallest absolute Gasteiger partial charge is 0.262 e. The number of carbonyl (C=O) groups is 1. The van der Waals surface area contributed by atoms with Gasteiger partial charge in [-0.2, -0.15) is 0 Å². The molecular formula is C28H30FN3O3S. The summed E-state index contributed by atoms with van der Waals surface area (Å²) >= 11 is 5.77. The van der Waals surface area contributed by atoms with E-state index in [1.165, 1.54) is 6.07 Å². The summed E-state index contributed by atoms with van der Waals surface area (Å²) in [4.78, 5) is 17.2. The molecule has 188 valence electrons. The van der Waals surface area contributed by atoms with Gasteiger partial charge < -0.3 is 24.6 Å². The Bertz CT molecular complexity index is 1230. The number of thiocarbonyl (C=S) groups is 1. The van der Waals surface area contributed by atoms with Crippen molar-refractivity contribution in [2.75, 3.05) is 49.6 Å². The first kappa shape index (κ1) is 25.4. The zero-order chi connectivity index (χ0) is 25.5. The zero-order valence-corrected chi connectivity index (χ0v) is 21.3. The second-order valence-electron chi connectivity index (χ2n) is 8.53. The number of anilines is 2. The fraction of sp³-hybridized carbons (Fsp3) is 0.286. The highest BCUT2D eigenvalue weighted by Crippen LogP contribution is 2.30. The molecule has 3 aromatic carbocycles. The quantitative estimate of drug-likeness (QED) is 0.431. The van der Waals surface area contributed by atoms with Crippen molar-refractivity contribution in [1.82, 2.24) is 4.90 Å². The summed E-state index contributed by atoms with van der Waals surface area (Å²) < 4.78 is 25.7. The molecule has 1 amide bonds. The third kappa shape index (κ3) is 6.31. The van der Waals surface area contributed by atoms with E-state index in [1.54, 1.807) is 18.2 Å². The fourth-order valence-electron chi connectivity index (χ4n) is 4.13. The molecule has 1 aliphatic rings. The largest absolute Gasteiger partial charge is 0.490 e. The molecule has 0 bridgehead atoms. The number of para-hydroxylation sites is 1. The van der Waals surface area contributed by atoms with E-state index < -0.39 is 0 Å². The maximum atomic E-state index is 14.2. The first-order chi connectivity index (χ1) is 17.4. The highest BCUT2D eigenvalue weighted by Gasteiger charge is 2.22. The highest BCUT2D eigenvalue weighted by molar-refractivity contribution is 7.80. The van der Waals surface area contributed by atoms with Crippen molar-refractivity contribution in [1.29, 1.82) is 0 Å². The molecule has 0 radical (unpaired) electrons. The highest BCUT2D eigenvalue weighted by atomic mass is 32.1. The lowest BCUT2D eigenvalue weighted by Crippen LogP contribution is -2.48. The van der Waals surface area contributed by atoms with Crippen molar-refractivity contribution >= 4 is 34.5 Å². The van der Waals surface area contributed by atoms with Crippen molar-refractivity contribution in [2.24, 2.45) is 0 Å². The predicted molar refractivity (Wildman–Crippen MR) is 145 cm³/mol. The number of hydrogen-bond acceptors (Lipinski definition) is 5. The zero-order valence-electron chi connectivity index (χ0n) is 20.5. The molecule has 0 atom stereocenters. The number of benzene rings is 3. The van der Waals surface area contributed by atoms with E-state index in [0.29, 0.717) is 55.0 Å². The van der Waals surface area contributed by atoms with Gasteiger partial charge in [0, 0.05) is 37.4 Å². The van der Waals surface area contributed by atoms with Gasteiger partial charge in [-0.1, -0.05) is 36.5 Å². The van der Waals surface area contributed by atoms with Gasteiger partial charge in [-0.25, -0.2) is 4.39 Å². The molecule has 1 N–H and O–H groups in total.